The monoisotopic (exact) mass is 475 g/mol. The molecule has 7 nitrogen and oxygen atoms in total. The van der Waals surface area contributed by atoms with Gasteiger partial charge in [-0.05, 0) is 74.6 Å². The van der Waals surface area contributed by atoms with E-state index < -0.39 is 0 Å². The molecule has 176 valence electrons. The van der Waals surface area contributed by atoms with Crippen LogP contribution in [0.1, 0.15) is 30.4 Å². The van der Waals surface area contributed by atoms with E-state index in [9.17, 15) is 4.79 Å². The van der Waals surface area contributed by atoms with Crippen LogP contribution in [-0.4, -0.2) is 52.8 Å². The lowest BCUT2D eigenvalue weighted by Crippen LogP contribution is -2.44. The zero-order valence-corrected chi connectivity index (χ0v) is 20.4. The van der Waals surface area contributed by atoms with Crippen molar-refractivity contribution in [2.45, 2.75) is 39.2 Å². The smallest absolute Gasteiger partial charge is 0.223 e. The minimum Gasteiger partial charge on any atom is -0.379 e. The third-order valence-electron chi connectivity index (χ3n) is 7.25. The van der Waals surface area contributed by atoms with Crippen LogP contribution < -0.4 is 10.2 Å². The lowest BCUT2D eigenvalue weighted by Gasteiger charge is -2.32. The van der Waals surface area contributed by atoms with Crippen molar-refractivity contribution in [1.82, 2.24) is 19.9 Å². The highest BCUT2D eigenvalue weighted by molar-refractivity contribution is 7.16. The van der Waals surface area contributed by atoms with Gasteiger partial charge in [-0.3, -0.25) is 9.36 Å². The Bertz CT molecular complexity index is 1360. The fourth-order valence-electron chi connectivity index (χ4n) is 5.08. The second-order valence-corrected chi connectivity index (χ2v) is 10.4. The van der Waals surface area contributed by atoms with Gasteiger partial charge in [-0.1, -0.05) is 0 Å². The van der Waals surface area contributed by atoms with Crippen molar-refractivity contribution < 1.29 is 9.53 Å². The number of ether oxygens (including phenoxy) is 1. The molecule has 0 saturated carbocycles. The molecule has 2 aliphatic heterocycles. The molecule has 4 heterocycles. The molecule has 2 aliphatic rings. The number of hydrogen-bond donors (Lipinski definition) is 1. The number of carbonyl (C=O) groups excluding carboxylic acids is 1. The lowest BCUT2D eigenvalue weighted by molar-refractivity contribution is -0.126. The van der Waals surface area contributed by atoms with E-state index in [4.69, 9.17) is 9.72 Å². The highest BCUT2D eigenvalue weighted by Gasteiger charge is 2.30. The highest BCUT2D eigenvalue weighted by Crippen LogP contribution is 2.33. The first kappa shape index (κ1) is 21.6. The summed E-state index contributed by atoms with van der Waals surface area (Å²) in [5, 5.41) is 3.18. The van der Waals surface area contributed by atoms with Gasteiger partial charge in [0, 0.05) is 25.6 Å². The molecule has 1 atom stereocenters. The SMILES string of the molecule is Cc1cc2nc(N3CCC(C(=O)N[C@@H]4CCOC4)CC3)n(-c3ccc4scnc4c3)c2cc1C. The van der Waals surface area contributed by atoms with E-state index in [0.29, 0.717) is 6.61 Å². The quantitative estimate of drug-likeness (QED) is 0.474. The first-order valence-electron chi connectivity index (χ1n) is 12.0. The number of fused-ring (bicyclic) bond motifs is 2. The number of aromatic nitrogens is 3. The van der Waals surface area contributed by atoms with Crippen LogP contribution in [0.25, 0.3) is 26.9 Å². The summed E-state index contributed by atoms with van der Waals surface area (Å²) in [6, 6.07) is 11.0. The molecule has 6 rings (SSSR count). The number of carbonyl (C=O) groups is 1. The maximum Gasteiger partial charge on any atom is 0.223 e. The Kier molecular flexibility index (Phi) is 5.50. The lowest BCUT2D eigenvalue weighted by atomic mass is 9.95. The molecule has 4 aromatic rings. The molecule has 0 aliphatic carbocycles. The number of piperidine rings is 1. The molecule has 2 aromatic heterocycles. The Morgan fingerprint density at radius 2 is 1.91 bits per heavy atom. The van der Waals surface area contributed by atoms with Gasteiger partial charge in [0.25, 0.3) is 0 Å². The molecule has 1 amide bonds. The van der Waals surface area contributed by atoms with Gasteiger partial charge >= 0.3 is 0 Å². The van der Waals surface area contributed by atoms with Crippen molar-refractivity contribution in [3.05, 3.63) is 47.0 Å². The molecule has 8 heteroatoms. The molecule has 1 N–H and O–H groups in total. The van der Waals surface area contributed by atoms with E-state index in [2.05, 4.69) is 63.9 Å². The summed E-state index contributed by atoms with van der Waals surface area (Å²) in [6.45, 7) is 7.27. The summed E-state index contributed by atoms with van der Waals surface area (Å²) in [6.07, 6.45) is 2.56. The minimum absolute atomic E-state index is 0.0468. The number of aryl methyl sites for hydroxylation is 2. The average Bonchev–Trinajstić information content (AvgIpc) is 3.59. The van der Waals surface area contributed by atoms with Gasteiger partial charge in [-0.15, -0.1) is 11.3 Å². The number of anilines is 1. The minimum atomic E-state index is 0.0468. The largest absolute Gasteiger partial charge is 0.379 e. The van der Waals surface area contributed by atoms with Crippen LogP contribution in [0.4, 0.5) is 5.95 Å². The first-order valence-corrected chi connectivity index (χ1v) is 12.9. The summed E-state index contributed by atoms with van der Waals surface area (Å²) in [5.41, 5.74) is 8.56. The molecular formula is C26H29N5O2S. The predicted molar refractivity (Wildman–Crippen MR) is 136 cm³/mol. The van der Waals surface area contributed by atoms with Crippen molar-refractivity contribution in [3.63, 3.8) is 0 Å². The van der Waals surface area contributed by atoms with Crippen LogP contribution in [0.3, 0.4) is 0 Å². The normalized spacial score (nSPS) is 19.4. The number of rotatable bonds is 4. The van der Waals surface area contributed by atoms with E-state index in [-0.39, 0.29) is 17.9 Å². The summed E-state index contributed by atoms with van der Waals surface area (Å²) >= 11 is 1.66. The van der Waals surface area contributed by atoms with E-state index in [1.807, 2.05) is 5.51 Å². The molecule has 34 heavy (non-hydrogen) atoms. The number of benzene rings is 2. The summed E-state index contributed by atoms with van der Waals surface area (Å²) in [7, 11) is 0. The first-order chi connectivity index (χ1) is 16.6. The van der Waals surface area contributed by atoms with Crippen LogP contribution in [0.2, 0.25) is 0 Å². The van der Waals surface area contributed by atoms with E-state index in [1.54, 1.807) is 11.3 Å². The van der Waals surface area contributed by atoms with Gasteiger partial charge in [0.1, 0.15) is 0 Å². The molecule has 0 unspecified atom stereocenters. The van der Waals surface area contributed by atoms with Crippen LogP contribution in [0.5, 0.6) is 0 Å². The van der Waals surface area contributed by atoms with Crippen molar-refractivity contribution in [2.75, 3.05) is 31.2 Å². The third kappa shape index (κ3) is 3.84. The summed E-state index contributed by atoms with van der Waals surface area (Å²) in [4.78, 5) is 24.7. The van der Waals surface area contributed by atoms with E-state index >= 15 is 0 Å². The number of nitrogens with one attached hydrogen (secondary N) is 1. The maximum atomic E-state index is 12.8. The molecular weight excluding hydrogens is 446 g/mol. The van der Waals surface area contributed by atoms with Gasteiger partial charge in [0.05, 0.1) is 45.1 Å². The Hall–Kier alpha value is -2.97. The van der Waals surface area contributed by atoms with Crippen molar-refractivity contribution in [2.24, 2.45) is 5.92 Å². The molecule has 2 fully saturated rings. The predicted octanol–water partition coefficient (Wildman–Crippen LogP) is 4.37. The van der Waals surface area contributed by atoms with E-state index in [0.717, 1.165) is 67.1 Å². The Balaban J connectivity index is 1.32. The fourth-order valence-corrected chi connectivity index (χ4v) is 5.74. The van der Waals surface area contributed by atoms with Gasteiger partial charge in [0.2, 0.25) is 11.9 Å². The number of hydrogen-bond acceptors (Lipinski definition) is 6. The van der Waals surface area contributed by atoms with Crippen LogP contribution in [0, 0.1) is 19.8 Å². The van der Waals surface area contributed by atoms with Gasteiger partial charge in [-0.25, -0.2) is 9.97 Å². The average molecular weight is 476 g/mol. The zero-order chi connectivity index (χ0) is 23.2. The third-order valence-corrected chi connectivity index (χ3v) is 8.06. The Morgan fingerprint density at radius 1 is 1.09 bits per heavy atom. The summed E-state index contributed by atoms with van der Waals surface area (Å²) in [5.74, 6) is 1.16. The number of thiazole rings is 1. The van der Waals surface area contributed by atoms with Crippen molar-refractivity contribution >= 4 is 44.4 Å². The fraction of sp³-hybridized carbons (Fsp3) is 0.423. The summed E-state index contributed by atoms with van der Waals surface area (Å²) < 4.78 is 8.85. The van der Waals surface area contributed by atoms with Crippen LogP contribution >= 0.6 is 11.3 Å². The number of nitrogens with zero attached hydrogens (tertiary/aromatic N) is 4. The topological polar surface area (TPSA) is 72.3 Å². The second kappa shape index (κ2) is 8.67. The molecule has 0 spiro atoms. The zero-order valence-electron chi connectivity index (χ0n) is 19.6. The number of amides is 1. The van der Waals surface area contributed by atoms with Crippen LogP contribution in [-0.2, 0) is 9.53 Å². The van der Waals surface area contributed by atoms with Gasteiger partial charge in [-0.2, -0.15) is 0 Å². The standard InChI is InChI=1S/C26H29N5O2S/c1-16-11-21-23(12-17(16)2)31(20-3-4-24-22(13-20)27-15-34-24)26(29-21)30-8-5-18(6-9-30)25(32)28-19-7-10-33-14-19/h3-4,11-13,15,18-19H,5-10,14H2,1-2H3,(H,28,32)/t19-/m1/s1. The molecule has 0 radical (unpaired) electrons. The second-order valence-electron chi connectivity index (χ2n) is 9.51. The van der Waals surface area contributed by atoms with Gasteiger partial charge < -0.3 is 15.0 Å². The van der Waals surface area contributed by atoms with Crippen LogP contribution in [0.15, 0.2) is 35.8 Å². The molecule has 0 bridgehead atoms. The number of imidazole rings is 1. The Labute approximate surface area is 202 Å². The van der Waals surface area contributed by atoms with E-state index in [1.165, 1.54) is 15.8 Å². The van der Waals surface area contributed by atoms with Gasteiger partial charge in [0.15, 0.2) is 0 Å². The van der Waals surface area contributed by atoms with Crippen molar-refractivity contribution in [3.8, 4) is 5.69 Å². The highest BCUT2D eigenvalue weighted by atomic mass is 32.1. The molecule has 2 aromatic carbocycles. The Morgan fingerprint density at radius 3 is 2.71 bits per heavy atom. The molecule has 2 saturated heterocycles. The maximum absolute atomic E-state index is 12.8. The van der Waals surface area contributed by atoms with Crippen molar-refractivity contribution in [1.29, 1.82) is 0 Å².